The Bertz CT molecular complexity index is 394. The molecule has 2 N–H and O–H groups in total. The number of ether oxygens (including phenoxy) is 1. The SMILES string of the molecule is Cc1ccc(C(C)C)c(OCC(O)CNC(C)C)c1.[Cl-]. The van der Waals surface area contributed by atoms with E-state index in [9.17, 15) is 5.11 Å². The standard InChI is InChI=1S/C16H27NO2.ClH/c1-11(2)15-7-6-13(5)8-16(15)19-10-14(18)9-17-12(3)4;/h6-8,11-12,14,17-18H,9-10H2,1-5H3;1H/p-1. The minimum absolute atomic E-state index is 0. The summed E-state index contributed by atoms with van der Waals surface area (Å²) in [5, 5.41) is 13.1. The fraction of sp³-hybridized carbons (Fsp3) is 0.625. The van der Waals surface area contributed by atoms with Crippen LogP contribution in [-0.4, -0.2) is 30.4 Å². The molecule has 1 unspecified atom stereocenters. The van der Waals surface area contributed by atoms with Crippen molar-refractivity contribution in [2.24, 2.45) is 0 Å². The van der Waals surface area contributed by atoms with E-state index in [1.807, 2.05) is 13.0 Å². The number of aliphatic hydroxyl groups is 1. The number of aliphatic hydroxyl groups excluding tert-OH is 1. The van der Waals surface area contributed by atoms with Gasteiger partial charge >= 0.3 is 0 Å². The fourth-order valence-electron chi connectivity index (χ4n) is 1.86. The average Bonchev–Trinajstić information content (AvgIpc) is 2.33. The van der Waals surface area contributed by atoms with Crippen molar-refractivity contribution >= 4 is 0 Å². The van der Waals surface area contributed by atoms with Gasteiger partial charge in [0.25, 0.3) is 0 Å². The molecule has 0 fully saturated rings. The summed E-state index contributed by atoms with van der Waals surface area (Å²) in [6.45, 7) is 11.3. The number of nitrogens with one attached hydrogen (secondary N) is 1. The van der Waals surface area contributed by atoms with E-state index in [1.54, 1.807) is 0 Å². The summed E-state index contributed by atoms with van der Waals surface area (Å²) in [7, 11) is 0. The second-order valence-electron chi connectivity index (χ2n) is 5.72. The maximum atomic E-state index is 9.87. The van der Waals surface area contributed by atoms with Gasteiger partial charge in [-0.05, 0) is 30.0 Å². The lowest BCUT2D eigenvalue weighted by Gasteiger charge is -2.18. The Morgan fingerprint density at radius 3 is 2.40 bits per heavy atom. The van der Waals surface area contributed by atoms with Crippen LogP contribution in [0.2, 0.25) is 0 Å². The molecule has 1 rings (SSSR count). The number of rotatable bonds is 7. The molecule has 0 bridgehead atoms. The molecule has 0 radical (unpaired) electrons. The molecule has 0 aliphatic heterocycles. The van der Waals surface area contributed by atoms with E-state index >= 15 is 0 Å². The first kappa shape index (κ1) is 19.2. The molecule has 0 aliphatic rings. The van der Waals surface area contributed by atoms with Gasteiger partial charge in [-0.2, -0.15) is 0 Å². The normalized spacial score (nSPS) is 12.4. The predicted molar refractivity (Wildman–Crippen MR) is 79.9 cm³/mol. The van der Waals surface area contributed by atoms with Crippen LogP contribution in [0.25, 0.3) is 0 Å². The van der Waals surface area contributed by atoms with Crippen LogP contribution in [0.4, 0.5) is 0 Å². The van der Waals surface area contributed by atoms with Gasteiger partial charge in [0.1, 0.15) is 18.5 Å². The van der Waals surface area contributed by atoms with Crippen molar-refractivity contribution in [3.63, 3.8) is 0 Å². The van der Waals surface area contributed by atoms with Gasteiger partial charge in [-0.3, -0.25) is 0 Å². The number of halogens is 1. The Kier molecular flexibility index (Phi) is 8.86. The van der Waals surface area contributed by atoms with Gasteiger partial charge in [0.15, 0.2) is 0 Å². The molecule has 4 heteroatoms. The highest BCUT2D eigenvalue weighted by Crippen LogP contribution is 2.27. The van der Waals surface area contributed by atoms with Crippen LogP contribution in [0.3, 0.4) is 0 Å². The van der Waals surface area contributed by atoms with E-state index in [0.717, 1.165) is 5.75 Å². The minimum Gasteiger partial charge on any atom is -1.00 e. The molecule has 116 valence electrons. The van der Waals surface area contributed by atoms with Crippen LogP contribution in [0, 0.1) is 6.92 Å². The fourth-order valence-corrected chi connectivity index (χ4v) is 1.86. The summed E-state index contributed by atoms with van der Waals surface area (Å²) in [5.74, 6) is 1.31. The van der Waals surface area contributed by atoms with E-state index in [2.05, 4.69) is 45.1 Å². The third-order valence-corrected chi connectivity index (χ3v) is 2.98. The molecule has 0 saturated heterocycles. The Labute approximate surface area is 129 Å². The number of benzene rings is 1. The number of aryl methyl sites for hydroxylation is 1. The van der Waals surface area contributed by atoms with Gasteiger partial charge in [-0.1, -0.05) is 39.8 Å². The highest BCUT2D eigenvalue weighted by molar-refractivity contribution is 5.39. The largest absolute Gasteiger partial charge is 1.00 e. The van der Waals surface area contributed by atoms with Crippen LogP contribution >= 0.6 is 0 Å². The topological polar surface area (TPSA) is 41.5 Å². The van der Waals surface area contributed by atoms with E-state index in [0.29, 0.717) is 25.1 Å². The van der Waals surface area contributed by atoms with Gasteiger partial charge in [-0.25, -0.2) is 0 Å². The molecule has 0 aromatic heterocycles. The van der Waals surface area contributed by atoms with E-state index in [4.69, 9.17) is 4.74 Å². The zero-order chi connectivity index (χ0) is 14.4. The van der Waals surface area contributed by atoms with Gasteiger partial charge < -0.3 is 27.6 Å². The minimum atomic E-state index is -0.483. The smallest absolute Gasteiger partial charge is 0.123 e. The lowest BCUT2D eigenvalue weighted by molar-refractivity contribution is -0.00000614. The zero-order valence-corrected chi connectivity index (χ0v) is 13.9. The summed E-state index contributed by atoms with van der Waals surface area (Å²) in [4.78, 5) is 0. The summed E-state index contributed by atoms with van der Waals surface area (Å²) in [6, 6.07) is 6.62. The van der Waals surface area contributed by atoms with Gasteiger partial charge in [-0.15, -0.1) is 0 Å². The number of hydrogen-bond donors (Lipinski definition) is 2. The van der Waals surface area contributed by atoms with Crippen molar-refractivity contribution in [2.75, 3.05) is 13.2 Å². The summed E-state index contributed by atoms with van der Waals surface area (Å²) in [5.41, 5.74) is 2.36. The molecule has 20 heavy (non-hydrogen) atoms. The summed E-state index contributed by atoms with van der Waals surface area (Å²) in [6.07, 6.45) is -0.483. The molecular weight excluding hydrogens is 274 g/mol. The Morgan fingerprint density at radius 2 is 1.85 bits per heavy atom. The molecule has 0 spiro atoms. The summed E-state index contributed by atoms with van der Waals surface area (Å²) < 4.78 is 5.78. The molecule has 0 heterocycles. The molecular formula is C16H27ClNO2-. The first-order chi connectivity index (χ1) is 8.90. The van der Waals surface area contributed by atoms with Crippen molar-refractivity contribution < 1.29 is 22.3 Å². The Hall–Kier alpha value is -0.770. The molecule has 3 nitrogen and oxygen atoms in total. The third-order valence-electron chi connectivity index (χ3n) is 2.98. The van der Waals surface area contributed by atoms with Crippen molar-refractivity contribution in [1.29, 1.82) is 0 Å². The predicted octanol–water partition coefficient (Wildman–Crippen LogP) is -0.140. The molecule has 1 aromatic carbocycles. The number of hydrogen-bond acceptors (Lipinski definition) is 3. The van der Waals surface area contributed by atoms with E-state index < -0.39 is 6.10 Å². The van der Waals surface area contributed by atoms with E-state index in [1.165, 1.54) is 11.1 Å². The van der Waals surface area contributed by atoms with Crippen LogP contribution < -0.4 is 22.5 Å². The van der Waals surface area contributed by atoms with Gasteiger partial charge in [0.05, 0.1) is 0 Å². The molecule has 0 amide bonds. The lowest BCUT2D eigenvalue weighted by Crippen LogP contribution is -3.00. The van der Waals surface area contributed by atoms with Crippen molar-refractivity contribution in [3.05, 3.63) is 29.3 Å². The van der Waals surface area contributed by atoms with Crippen LogP contribution in [0.5, 0.6) is 5.75 Å². The first-order valence-electron chi connectivity index (χ1n) is 7.05. The van der Waals surface area contributed by atoms with Crippen LogP contribution in [0.15, 0.2) is 18.2 Å². The van der Waals surface area contributed by atoms with Crippen molar-refractivity contribution in [1.82, 2.24) is 5.32 Å². The van der Waals surface area contributed by atoms with Crippen LogP contribution in [0.1, 0.15) is 44.7 Å². The highest BCUT2D eigenvalue weighted by Gasteiger charge is 2.11. The molecule has 0 saturated carbocycles. The Morgan fingerprint density at radius 1 is 1.20 bits per heavy atom. The zero-order valence-electron chi connectivity index (χ0n) is 13.1. The average molecular weight is 301 g/mol. The lowest BCUT2D eigenvalue weighted by atomic mass is 10.0. The van der Waals surface area contributed by atoms with Gasteiger partial charge in [0.2, 0.25) is 0 Å². The van der Waals surface area contributed by atoms with Crippen molar-refractivity contribution in [2.45, 2.75) is 52.7 Å². The maximum Gasteiger partial charge on any atom is 0.123 e. The first-order valence-corrected chi connectivity index (χ1v) is 7.05. The quantitative estimate of drug-likeness (QED) is 0.736. The van der Waals surface area contributed by atoms with Gasteiger partial charge in [0, 0.05) is 12.6 Å². The molecule has 0 aliphatic carbocycles. The van der Waals surface area contributed by atoms with Crippen molar-refractivity contribution in [3.8, 4) is 5.75 Å². The van der Waals surface area contributed by atoms with E-state index in [-0.39, 0.29) is 12.4 Å². The Balaban J connectivity index is 0.00000361. The second kappa shape index (κ2) is 9.22. The maximum absolute atomic E-state index is 9.87. The molecule has 1 atom stereocenters. The third kappa shape index (κ3) is 6.60. The highest BCUT2D eigenvalue weighted by atomic mass is 35.5. The van der Waals surface area contributed by atoms with Crippen LogP contribution in [-0.2, 0) is 0 Å². The second-order valence-corrected chi connectivity index (χ2v) is 5.72. The summed E-state index contributed by atoms with van der Waals surface area (Å²) >= 11 is 0. The monoisotopic (exact) mass is 300 g/mol. The molecule has 1 aromatic rings.